The van der Waals surface area contributed by atoms with Crippen molar-refractivity contribution >= 4 is 5.97 Å². The fourth-order valence-corrected chi connectivity index (χ4v) is 3.13. The van der Waals surface area contributed by atoms with Crippen molar-refractivity contribution in [1.82, 2.24) is 10.2 Å². The molecule has 0 unspecified atom stereocenters. The molecule has 2 heterocycles. The molecule has 0 saturated carbocycles. The van der Waals surface area contributed by atoms with Crippen LogP contribution in [0.2, 0.25) is 0 Å². The number of nitrogens with one attached hydrogen (secondary N) is 1. The zero-order chi connectivity index (χ0) is 17.0. The van der Waals surface area contributed by atoms with Crippen molar-refractivity contribution in [3.8, 4) is 17.2 Å². The first-order valence-corrected chi connectivity index (χ1v) is 8.26. The minimum atomic E-state index is -0.813. The predicted molar refractivity (Wildman–Crippen MR) is 87.8 cm³/mol. The fraction of sp³-hybridized carbons (Fsp3) is 0.588. The van der Waals surface area contributed by atoms with Gasteiger partial charge in [0.15, 0.2) is 11.5 Å². The Morgan fingerprint density at radius 1 is 1.42 bits per heavy atom. The van der Waals surface area contributed by atoms with Crippen molar-refractivity contribution in [2.45, 2.75) is 25.3 Å². The smallest absolute Gasteiger partial charge is 0.317 e. The third kappa shape index (κ3) is 4.30. The normalized spacial score (nSPS) is 22.7. The Labute approximate surface area is 141 Å². The first-order chi connectivity index (χ1) is 11.5. The van der Waals surface area contributed by atoms with Gasteiger partial charge in [0.25, 0.3) is 0 Å². The van der Waals surface area contributed by atoms with E-state index >= 15 is 0 Å². The first-order valence-electron chi connectivity index (χ1n) is 8.26. The zero-order valence-corrected chi connectivity index (χ0v) is 13.9. The Balaban J connectivity index is 1.36. The van der Waals surface area contributed by atoms with Gasteiger partial charge in [-0.25, -0.2) is 0 Å². The van der Waals surface area contributed by atoms with Crippen molar-refractivity contribution in [2.24, 2.45) is 0 Å². The molecular weight excluding hydrogens is 312 g/mol. The Morgan fingerprint density at radius 2 is 2.25 bits per heavy atom. The Kier molecular flexibility index (Phi) is 5.11. The number of nitrogens with zero attached hydrogens (tertiary/aromatic N) is 1. The second kappa shape index (κ2) is 7.27. The van der Waals surface area contributed by atoms with Crippen molar-refractivity contribution in [3.05, 3.63) is 18.2 Å². The molecule has 0 radical (unpaired) electrons. The van der Waals surface area contributed by atoms with Crippen molar-refractivity contribution < 1.29 is 24.1 Å². The summed E-state index contributed by atoms with van der Waals surface area (Å²) in [6.07, 6.45) is 1.88. The number of benzene rings is 1. The molecule has 0 amide bonds. The summed E-state index contributed by atoms with van der Waals surface area (Å²) in [5, 5.41) is 11.9. The summed E-state index contributed by atoms with van der Waals surface area (Å²) in [7, 11) is 0. The fourth-order valence-electron chi connectivity index (χ4n) is 3.13. The van der Waals surface area contributed by atoms with Gasteiger partial charge in [0.05, 0.1) is 13.2 Å². The van der Waals surface area contributed by atoms with Crippen LogP contribution in [0, 0.1) is 0 Å². The van der Waals surface area contributed by atoms with Gasteiger partial charge in [-0.15, -0.1) is 0 Å². The highest BCUT2D eigenvalue weighted by molar-refractivity contribution is 5.69. The highest BCUT2D eigenvalue weighted by atomic mass is 16.7. The summed E-state index contributed by atoms with van der Waals surface area (Å²) in [5.74, 6) is 1.46. The minimum absolute atomic E-state index is 0.0115. The molecule has 1 aromatic carbocycles. The van der Waals surface area contributed by atoms with E-state index in [0.717, 1.165) is 49.7 Å². The second-order valence-corrected chi connectivity index (χ2v) is 6.55. The zero-order valence-electron chi connectivity index (χ0n) is 13.9. The van der Waals surface area contributed by atoms with Gasteiger partial charge < -0.3 is 29.5 Å². The van der Waals surface area contributed by atoms with Gasteiger partial charge in [-0.05, 0) is 31.9 Å². The lowest BCUT2D eigenvalue weighted by molar-refractivity contribution is -0.136. The van der Waals surface area contributed by atoms with Crippen LogP contribution in [-0.2, 0) is 4.79 Å². The van der Waals surface area contributed by atoms with Crippen LogP contribution >= 0.6 is 0 Å². The van der Waals surface area contributed by atoms with Crippen LogP contribution in [0.25, 0.3) is 0 Å². The predicted octanol–water partition coefficient (Wildman–Crippen LogP) is 1.32. The lowest BCUT2D eigenvalue weighted by Gasteiger charge is -2.25. The minimum Gasteiger partial charge on any atom is -0.493 e. The third-order valence-corrected chi connectivity index (χ3v) is 4.45. The van der Waals surface area contributed by atoms with Gasteiger partial charge in [0.2, 0.25) is 6.79 Å². The second-order valence-electron chi connectivity index (χ2n) is 6.55. The molecule has 1 atom stereocenters. The van der Waals surface area contributed by atoms with Gasteiger partial charge in [-0.3, -0.25) is 4.79 Å². The number of carbonyl (C=O) groups is 1. The van der Waals surface area contributed by atoms with Crippen LogP contribution in [0.5, 0.6) is 17.2 Å². The Hall–Kier alpha value is -1.99. The number of aliphatic carboxylic acids is 1. The van der Waals surface area contributed by atoms with E-state index in [4.69, 9.17) is 19.3 Å². The highest BCUT2D eigenvalue weighted by Gasteiger charge is 2.33. The topological polar surface area (TPSA) is 80.3 Å². The van der Waals surface area contributed by atoms with Gasteiger partial charge in [0.1, 0.15) is 5.75 Å². The van der Waals surface area contributed by atoms with E-state index in [1.54, 1.807) is 0 Å². The maximum Gasteiger partial charge on any atom is 0.317 e. The van der Waals surface area contributed by atoms with Gasteiger partial charge in [-0.2, -0.15) is 0 Å². The monoisotopic (exact) mass is 336 g/mol. The lowest BCUT2D eigenvalue weighted by Crippen LogP contribution is -2.47. The molecular formula is C17H24N2O5. The molecule has 0 aliphatic carbocycles. The summed E-state index contributed by atoms with van der Waals surface area (Å²) in [6, 6.07) is 5.60. The average Bonchev–Trinajstić information content (AvgIpc) is 3.16. The van der Waals surface area contributed by atoms with Crippen LogP contribution in [0.3, 0.4) is 0 Å². The number of hydrogen-bond donors (Lipinski definition) is 2. The number of ether oxygens (including phenoxy) is 3. The summed E-state index contributed by atoms with van der Waals surface area (Å²) < 4.78 is 16.4. The molecule has 1 aromatic rings. The van der Waals surface area contributed by atoms with Gasteiger partial charge in [0, 0.05) is 31.2 Å². The number of fused-ring (bicyclic) bond motifs is 1. The molecule has 0 spiro atoms. The van der Waals surface area contributed by atoms with E-state index in [2.05, 4.69) is 17.1 Å². The molecule has 0 aromatic heterocycles. The summed E-state index contributed by atoms with van der Waals surface area (Å²) in [5.41, 5.74) is -0.115. The van der Waals surface area contributed by atoms with Gasteiger partial charge >= 0.3 is 5.97 Å². The van der Waals surface area contributed by atoms with E-state index in [1.807, 2.05) is 18.2 Å². The largest absolute Gasteiger partial charge is 0.493 e. The molecule has 1 saturated heterocycles. The molecule has 2 aliphatic heterocycles. The lowest BCUT2D eigenvalue weighted by atomic mass is 10.0. The van der Waals surface area contributed by atoms with Crippen LogP contribution < -0.4 is 19.5 Å². The maximum atomic E-state index is 10.7. The van der Waals surface area contributed by atoms with Crippen LogP contribution in [0.15, 0.2) is 18.2 Å². The van der Waals surface area contributed by atoms with E-state index < -0.39 is 5.97 Å². The quantitative estimate of drug-likeness (QED) is 0.693. The van der Waals surface area contributed by atoms with Crippen LogP contribution in [0.1, 0.15) is 19.8 Å². The van der Waals surface area contributed by atoms with E-state index in [0.29, 0.717) is 6.61 Å². The Morgan fingerprint density at radius 3 is 3.08 bits per heavy atom. The summed E-state index contributed by atoms with van der Waals surface area (Å²) >= 11 is 0. The third-order valence-electron chi connectivity index (χ3n) is 4.45. The molecule has 2 N–H and O–H groups in total. The molecule has 2 aliphatic rings. The van der Waals surface area contributed by atoms with Gasteiger partial charge in [-0.1, -0.05) is 0 Å². The van der Waals surface area contributed by atoms with Crippen molar-refractivity contribution in [1.29, 1.82) is 0 Å². The molecule has 7 heteroatoms. The molecule has 24 heavy (non-hydrogen) atoms. The highest BCUT2D eigenvalue weighted by Crippen LogP contribution is 2.35. The average molecular weight is 336 g/mol. The number of rotatable bonds is 8. The van der Waals surface area contributed by atoms with E-state index in [-0.39, 0.29) is 18.9 Å². The number of carboxylic acids is 1. The maximum absolute atomic E-state index is 10.7. The van der Waals surface area contributed by atoms with E-state index in [9.17, 15) is 4.79 Å². The van der Waals surface area contributed by atoms with Crippen molar-refractivity contribution in [3.63, 3.8) is 0 Å². The standard InChI is InChI=1S/C17H24N2O5/c1-17(18-10-16(20)21)5-7-19(11-17)6-2-8-22-13-3-4-14-15(9-13)24-12-23-14/h3-4,9,18H,2,5-8,10-12H2,1H3,(H,20,21)/t17-/m0/s1. The molecule has 3 rings (SSSR count). The summed E-state index contributed by atoms with van der Waals surface area (Å²) in [6.45, 7) is 5.78. The number of hydrogen-bond acceptors (Lipinski definition) is 6. The summed E-state index contributed by atoms with van der Waals surface area (Å²) in [4.78, 5) is 13.0. The van der Waals surface area contributed by atoms with E-state index in [1.165, 1.54) is 0 Å². The van der Waals surface area contributed by atoms with Crippen molar-refractivity contribution in [2.75, 3.05) is 39.6 Å². The first kappa shape index (κ1) is 16.9. The molecule has 0 bridgehead atoms. The number of carboxylic acid groups (broad SMARTS) is 1. The van der Waals surface area contributed by atoms with Crippen LogP contribution in [0.4, 0.5) is 0 Å². The van der Waals surface area contributed by atoms with Crippen LogP contribution in [-0.4, -0.2) is 61.1 Å². The molecule has 1 fully saturated rings. The molecule has 7 nitrogen and oxygen atoms in total. The molecule has 132 valence electrons. The Bertz CT molecular complexity index is 594. The SMILES string of the molecule is C[C@]1(NCC(=O)O)CCN(CCCOc2ccc3c(c2)OCO3)C1. The number of likely N-dealkylation sites (tertiary alicyclic amines) is 1.